The number of rotatable bonds is 5. The van der Waals surface area contributed by atoms with E-state index in [1.807, 2.05) is 24.8 Å². The highest BCUT2D eigenvalue weighted by molar-refractivity contribution is 5.93. The second-order valence-electron chi connectivity index (χ2n) is 8.04. The number of piperidine rings is 1. The predicted molar refractivity (Wildman–Crippen MR) is 114 cm³/mol. The van der Waals surface area contributed by atoms with E-state index in [2.05, 4.69) is 14.8 Å². The number of piperazine rings is 1. The van der Waals surface area contributed by atoms with Gasteiger partial charge in [0.2, 0.25) is 0 Å². The Kier molecular flexibility index (Phi) is 9.48. The van der Waals surface area contributed by atoms with E-state index in [9.17, 15) is 9.59 Å². The predicted octanol–water partition coefficient (Wildman–Crippen LogP) is 0.414. The van der Waals surface area contributed by atoms with Crippen LogP contribution in [0.4, 0.5) is 0 Å². The molecule has 3 N–H and O–H groups in total. The molecule has 2 fully saturated rings. The van der Waals surface area contributed by atoms with Crippen LogP contribution in [0.25, 0.3) is 0 Å². The van der Waals surface area contributed by atoms with Gasteiger partial charge in [0.05, 0.1) is 6.61 Å². The van der Waals surface area contributed by atoms with Gasteiger partial charge in [-0.25, -0.2) is 0 Å². The average molecular weight is 423 g/mol. The van der Waals surface area contributed by atoms with Crippen molar-refractivity contribution in [3.63, 3.8) is 0 Å². The van der Waals surface area contributed by atoms with E-state index >= 15 is 0 Å². The topological polar surface area (TPSA) is 117 Å². The number of H-pyrrole nitrogens is 1. The normalized spacial score (nSPS) is 18.7. The molecule has 168 valence electrons. The lowest BCUT2D eigenvalue weighted by Crippen LogP contribution is -2.54. The summed E-state index contributed by atoms with van der Waals surface area (Å²) in [5, 5.41) is 15.9. The lowest BCUT2D eigenvalue weighted by Gasteiger charge is -2.42. The molecule has 30 heavy (non-hydrogen) atoms. The van der Waals surface area contributed by atoms with Crippen molar-refractivity contribution >= 4 is 12.4 Å². The fourth-order valence-electron chi connectivity index (χ4n) is 4.09. The van der Waals surface area contributed by atoms with E-state index in [0.29, 0.717) is 19.1 Å². The number of aliphatic hydroxyl groups is 1. The number of carboxylic acid groups (broad SMARTS) is 1. The van der Waals surface area contributed by atoms with Crippen molar-refractivity contribution < 1.29 is 19.8 Å². The smallest absolute Gasteiger partial charge is 0.290 e. The van der Waals surface area contributed by atoms with Crippen molar-refractivity contribution in [2.24, 2.45) is 0 Å². The Hall–Kier alpha value is -2.23. The van der Waals surface area contributed by atoms with E-state index in [1.165, 1.54) is 0 Å². The fraction of sp³-hybridized carbons (Fsp3) is 0.667. The first-order chi connectivity index (χ1) is 14.4. The van der Waals surface area contributed by atoms with Crippen LogP contribution < -0.4 is 5.56 Å². The Morgan fingerprint density at radius 1 is 1.17 bits per heavy atom. The molecule has 1 aromatic heterocycles. The first-order valence-electron chi connectivity index (χ1n) is 10.6. The molecule has 0 atom stereocenters. The highest BCUT2D eigenvalue weighted by Gasteiger charge is 2.30. The van der Waals surface area contributed by atoms with Crippen LogP contribution in [-0.4, -0.2) is 101 Å². The quantitative estimate of drug-likeness (QED) is 0.589. The number of nitrogens with zero attached hydrogens (tertiary/aromatic N) is 3. The molecule has 2 aliphatic heterocycles. The molecule has 2 saturated heterocycles. The van der Waals surface area contributed by atoms with Crippen LogP contribution in [0.1, 0.15) is 48.7 Å². The largest absolute Gasteiger partial charge is 0.483 e. The van der Waals surface area contributed by atoms with Gasteiger partial charge in [-0.3, -0.25) is 24.2 Å². The minimum Gasteiger partial charge on any atom is -0.483 e. The lowest BCUT2D eigenvalue weighted by atomic mass is 10.0. The molecule has 1 aromatic rings. The molecule has 9 heteroatoms. The lowest BCUT2D eigenvalue weighted by molar-refractivity contribution is -0.122. The molecule has 0 aliphatic carbocycles. The molecule has 2 aliphatic rings. The molecule has 0 radical (unpaired) electrons. The molecule has 0 spiro atoms. The second-order valence-corrected chi connectivity index (χ2v) is 8.04. The summed E-state index contributed by atoms with van der Waals surface area (Å²) >= 11 is 0. The van der Waals surface area contributed by atoms with E-state index < -0.39 is 0 Å². The first-order valence-corrected chi connectivity index (χ1v) is 10.6. The van der Waals surface area contributed by atoms with E-state index in [1.54, 1.807) is 6.07 Å². The zero-order valence-electron chi connectivity index (χ0n) is 17.9. The number of aliphatic hydroxyl groups excluding tert-OH is 1. The number of β-amino-alcohol motifs (C(OH)–C–C–N with tert-alkyl or cyclic N) is 1. The summed E-state index contributed by atoms with van der Waals surface area (Å²) in [6.07, 6.45) is 1.90. The van der Waals surface area contributed by atoms with Gasteiger partial charge in [-0.15, -0.1) is 0 Å². The maximum atomic E-state index is 12.8. The van der Waals surface area contributed by atoms with Crippen LogP contribution >= 0.6 is 0 Å². The van der Waals surface area contributed by atoms with Crippen molar-refractivity contribution in [1.29, 1.82) is 0 Å². The molecule has 0 bridgehead atoms. The molecule has 0 unspecified atom stereocenters. The van der Waals surface area contributed by atoms with Crippen LogP contribution in [0.5, 0.6) is 0 Å². The molecule has 9 nitrogen and oxygen atoms in total. The summed E-state index contributed by atoms with van der Waals surface area (Å²) in [6.45, 7) is 10.2. The molecule has 1 amide bonds. The van der Waals surface area contributed by atoms with Gasteiger partial charge in [0.15, 0.2) is 0 Å². The number of likely N-dealkylation sites (tertiary alicyclic amines) is 1. The van der Waals surface area contributed by atoms with Gasteiger partial charge >= 0.3 is 0 Å². The monoisotopic (exact) mass is 422 g/mol. The second kappa shape index (κ2) is 11.8. The van der Waals surface area contributed by atoms with Crippen LogP contribution in [0.2, 0.25) is 0 Å². The van der Waals surface area contributed by atoms with Crippen molar-refractivity contribution in [3.05, 3.63) is 33.7 Å². The SMILES string of the molecule is CC(C)c1ccc(C(=O)N2CCC(N3CCN(CCO)CC3)CC2)c(=O)[nH]1.O=CO. The highest BCUT2D eigenvalue weighted by atomic mass is 16.3. The van der Waals surface area contributed by atoms with Crippen molar-refractivity contribution in [1.82, 2.24) is 19.7 Å². The van der Waals surface area contributed by atoms with E-state index in [-0.39, 0.29) is 36.0 Å². The minimum atomic E-state index is -0.284. The molecule has 3 rings (SSSR count). The number of aromatic nitrogens is 1. The zero-order chi connectivity index (χ0) is 22.1. The third-order valence-electron chi connectivity index (χ3n) is 5.88. The number of pyridine rings is 1. The summed E-state index contributed by atoms with van der Waals surface area (Å²) in [7, 11) is 0. The van der Waals surface area contributed by atoms with Crippen LogP contribution in [0.3, 0.4) is 0 Å². The van der Waals surface area contributed by atoms with Crippen molar-refractivity contribution in [3.8, 4) is 0 Å². The van der Waals surface area contributed by atoms with Crippen molar-refractivity contribution in [2.45, 2.75) is 38.6 Å². The number of aromatic amines is 1. The Morgan fingerprint density at radius 2 is 1.77 bits per heavy atom. The maximum absolute atomic E-state index is 12.8. The van der Waals surface area contributed by atoms with E-state index in [4.69, 9.17) is 15.0 Å². The zero-order valence-corrected chi connectivity index (χ0v) is 17.9. The summed E-state index contributed by atoms with van der Waals surface area (Å²) < 4.78 is 0. The number of amides is 1. The molecule has 0 saturated carbocycles. The molecule has 0 aromatic carbocycles. The highest BCUT2D eigenvalue weighted by Crippen LogP contribution is 2.19. The summed E-state index contributed by atoms with van der Waals surface area (Å²) in [5.74, 6) is 0.0770. The maximum Gasteiger partial charge on any atom is 0.290 e. The fourth-order valence-corrected chi connectivity index (χ4v) is 4.09. The number of hydrogen-bond acceptors (Lipinski definition) is 6. The number of carbonyl (C=O) groups is 2. The third kappa shape index (κ3) is 6.38. The van der Waals surface area contributed by atoms with Crippen LogP contribution in [0, 0.1) is 0 Å². The number of hydrogen-bond donors (Lipinski definition) is 3. The number of carbonyl (C=O) groups excluding carboxylic acids is 1. The molecular weight excluding hydrogens is 388 g/mol. The standard InChI is InChI=1S/C20H32N4O3.CH2O2/c1-15(2)18-4-3-17(19(26)21-18)20(27)24-7-5-16(6-8-24)23-11-9-22(10-12-23)13-14-25;2-1-3/h3-4,15-16,25H,5-14H2,1-2H3,(H,21,26);1H,(H,2,3). The van der Waals surface area contributed by atoms with Crippen molar-refractivity contribution in [2.75, 3.05) is 52.4 Å². The Bertz CT molecular complexity index is 735. The number of nitrogens with one attached hydrogen (secondary N) is 1. The summed E-state index contributed by atoms with van der Waals surface area (Å²) in [5.41, 5.74) is 0.819. The van der Waals surface area contributed by atoms with Gasteiger partial charge in [-0.05, 0) is 30.9 Å². The van der Waals surface area contributed by atoms with Gasteiger partial charge in [-0.2, -0.15) is 0 Å². The van der Waals surface area contributed by atoms with Crippen LogP contribution in [0.15, 0.2) is 16.9 Å². The first kappa shape index (κ1) is 24.0. The van der Waals surface area contributed by atoms with Gasteiger partial charge < -0.3 is 20.1 Å². The Morgan fingerprint density at radius 3 is 2.27 bits per heavy atom. The minimum absolute atomic E-state index is 0.155. The molecular formula is C21H34N4O5. The van der Waals surface area contributed by atoms with Gasteiger partial charge in [-0.1, -0.05) is 13.8 Å². The van der Waals surface area contributed by atoms with Gasteiger partial charge in [0.25, 0.3) is 17.9 Å². The molecule has 3 heterocycles. The van der Waals surface area contributed by atoms with E-state index in [0.717, 1.165) is 51.3 Å². The van der Waals surface area contributed by atoms with Gasteiger partial charge in [0.1, 0.15) is 5.56 Å². The third-order valence-corrected chi connectivity index (χ3v) is 5.88. The van der Waals surface area contributed by atoms with Crippen LogP contribution in [-0.2, 0) is 4.79 Å². The Balaban J connectivity index is 0.00000101. The Labute approximate surface area is 177 Å². The summed E-state index contributed by atoms with van der Waals surface area (Å²) in [6, 6.07) is 4.02. The van der Waals surface area contributed by atoms with Gasteiger partial charge in [0, 0.05) is 57.5 Å². The average Bonchev–Trinajstić information content (AvgIpc) is 2.75. The summed E-state index contributed by atoms with van der Waals surface area (Å²) in [4.78, 5) is 42.9.